The number of nitrogens with one attached hydrogen (secondary N) is 1. The summed E-state index contributed by atoms with van der Waals surface area (Å²) in [6.07, 6.45) is 2.36. The van der Waals surface area contributed by atoms with Gasteiger partial charge in [0.2, 0.25) is 0 Å². The van der Waals surface area contributed by atoms with Crippen LogP contribution < -0.4 is 5.32 Å². The van der Waals surface area contributed by atoms with Crippen LogP contribution in [0.15, 0.2) is 18.2 Å². The van der Waals surface area contributed by atoms with E-state index in [1.165, 1.54) is 24.0 Å². The summed E-state index contributed by atoms with van der Waals surface area (Å²) in [7, 11) is 0. The Morgan fingerprint density at radius 2 is 2.05 bits per heavy atom. The lowest BCUT2D eigenvalue weighted by Crippen LogP contribution is -2.60. The van der Waals surface area contributed by atoms with Gasteiger partial charge in [-0.15, -0.1) is 0 Å². The van der Waals surface area contributed by atoms with Crippen LogP contribution in [0.2, 0.25) is 5.02 Å². The Bertz CT molecular complexity index is 427. The van der Waals surface area contributed by atoms with E-state index in [-0.39, 0.29) is 5.54 Å². The van der Waals surface area contributed by atoms with Crippen molar-refractivity contribution in [3.05, 3.63) is 34.3 Å². The van der Waals surface area contributed by atoms with E-state index < -0.39 is 0 Å². The molecule has 2 nitrogen and oxygen atoms in total. The van der Waals surface area contributed by atoms with Gasteiger partial charge >= 0.3 is 0 Å². The molecule has 1 aromatic rings. The summed E-state index contributed by atoms with van der Waals surface area (Å²) in [4.78, 5) is 2.61. The van der Waals surface area contributed by atoms with Crippen molar-refractivity contribution in [3.63, 3.8) is 0 Å². The predicted molar refractivity (Wildman–Crippen MR) is 82.8 cm³/mol. The largest absolute Gasteiger partial charge is 0.314 e. The molecule has 1 aromatic carbocycles. The lowest BCUT2D eigenvalue weighted by atomic mass is 9.88. The standard InChI is InChI=1S/C16H25ClN2/c1-4-16(5-2)12-18-8-9-19(16)11-14-7-6-13(3)10-15(14)17/h6-7,10,18H,4-5,8-9,11-12H2,1-3H3. The Balaban J connectivity index is 2.19. The summed E-state index contributed by atoms with van der Waals surface area (Å²) in [6, 6.07) is 6.40. The van der Waals surface area contributed by atoms with Gasteiger partial charge < -0.3 is 5.32 Å². The van der Waals surface area contributed by atoms with Gasteiger partial charge in [-0.3, -0.25) is 4.90 Å². The zero-order valence-corrected chi connectivity index (χ0v) is 13.1. The molecule has 1 heterocycles. The Morgan fingerprint density at radius 1 is 1.32 bits per heavy atom. The van der Waals surface area contributed by atoms with Crippen molar-refractivity contribution in [1.29, 1.82) is 0 Å². The smallest absolute Gasteiger partial charge is 0.0453 e. The Morgan fingerprint density at radius 3 is 2.68 bits per heavy atom. The van der Waals surface area contributed by atoms with E-state index in [1.54, 1.807) is 0 Å². The van der Waals surface area contributed by atoms with E-state index >= 15 is 0 Å². The molecule has 1 fully saturated rings. The highest BCUT2D eigenvalue weighted by Crippen LogP contribution is 2.29. The molecule has 3 heteroatoms. The van der Waals surface area contributed by atoms with Crippen molar-refractivity contribution in [2.24, 2.45) is 0 Å². The molecule has 0 aromatic heterocycles. The highest BCUT2D eigenvalue weighted by molar-refractivity contribution is 6.31. The predicted octanol–water partition coefficient (Wildman–Crippen LogP) is 3.61. The molecule has 0 unspecified atom stereocenters. The number of piperazine rings is 1. The summed E-state index contributed by atoms with van der Waals surface area (Å²) in [6.45, 7) is 10.9. The molecule has 0 bridgehead atoms. The summed E-state index contributed by atoms with van der Waals surface area (Å²) in [5.41, 5.74) is 2.76. The first-order chi connectivity index (χ1) is 9.11. The minimum Gasteiger partial charge on any atom is -0.314 e. The number of aryl methyl sites for hydroxylation is 1. The quantitative estimate of drug-likeness (QED) is 0.906. The van der Waals surface area contributed by atoms with E-state index in [0.29, 0.717) is 0 Å². The lowest BCUT2D eigenvalue weighted by Gasteiger charge is -2.47. The fraction of sp³-hybridized carbons (Fsp3) is 0.625. The molecule has 1 N–H and O–H groups in total. The SMILES string of the molecule is CCC1(CC)CNCCN1Cc1ccc(C)cc1Cl. The maximum absolute atomic E-state index is 6.39. The first-order valence-corrected chi connectivity index (χ1v) is 7.70. The van der Waals surface area contributed by atoms with E-state index in [9.17, 15) is 0 Å². The second kappa shape index (κ2) is 6.25. The Hall–Kier alpha value is -0.570. The van der Waals surface area contributed by atoms with Crippen molar-refractivity contribution in [3.8, 4) is 0 Å². The molecule has 106 valence electrons. The first kappa shape index (κ1) is 14.8. The molecular formula is C16H25ClN2. The molecule has 0 radical (unpaired) electrons. The molecule has 0 saturated carbocycles. The molecule has 1 aliphatic rings. The molecule has 19 heavy (non-hydrogen) atoms. The highest BCUT2D eigenvalue weighted by atomic mass is 35.5. The van der Waals surface area contributed by atoms with Gasteiger partial charge in [-0.1, -0.05) is 37.6 Å². The molecule has 0 atom stereocenters. The molecule has 1 saturated heterocycles. The molecule has 0 aliphatic carbocycles. The number of hydrogen-bond donors (Lipinski definition) is 1. The van der Waals surface area contributed by atoms with Crippen LogP contribution in [0.3, 0.4) is 0 Å². The summed E-state index contributed by atoms with van der Waals surface area (Å²) < 4.78 is 0. The normalized spacial score (nSPS) is 19.6. The number of nitrogens with zero attached hydrogens (tertiary/aromatic N) is 1. The Kier molecular flexibility index (Phi) is 4.88. The van der Waals surface area contributed by atoms with Gasteiger partial charge in [0, 0.05) is 36.7 Å². The van der Waals surface area contributed by atoms with Crippen LogP contribution in [0.1, 0.15) is 37.8 Å². The third kappa shape index (κ3) is 3.13. The van der Waals surface area contributed by atoms with Gasteiger partial charge in [0.1, 0.15) is 0 Å². The van der Waals surface area contributed by atoms with Crippen molar-refractivity contribution < 1.29 is 0 Å². The van der Waals surface area contributed by atoms with Gasteiger partial charge in [0.05, 0.1) is 0 Å². The van der Waals surface area contributed by atoms with Gasteiger partial charge in [0.15, 0.2) is 0 Å². The molecule has 2 rings (SSSR count). The van der Waals surface area contributed by atoms with Crippen LogP contribution in [0.25, 0.3) is 0 Å². The average molecular weight is 281 g/mol. The zero-order chi connectivity index (χ0) is 13.9. The molecule has 0 spiro atoms. The van der Waals surface area contributed by atoms with Crippen LogP contribution in [-0.2, 0) is 6.54 Å². The van der Waals surface area contributed by atoms with Crippen molar-refractivity contribution in [1.82, 2.24) is 10.2 Å². The van der Waals surface area contributed by atoms with Gasteiger partial charge in [-0.25, -0.2) is 0 Å². The lowest BCUT2D eigenvalue weighted by molar-refractivity contribution is 0.0448. The second-order valence-corrected chi connectivity index (χ2v) is 6.03. The van der Waals surface area contributed by atoms with Crippen molar-refractivity contribution in [2.45, 2.75) is 45.7 Å². The Labute approximate surface area is 122 Å². The average Bonchev–Trinajstić information content (AvgIpc) is 2.42. The topological polar surface area (TPSA) is 15.3 Å². The highest BCUT2D eigenvalue weighted by Gasteiger charge is 2.35. The minimum atomic E-state index is 0.284. The molecule has 1 aliphatic heterocycles. The fourth-order valence-corrected chi connectivity index (χ4v) is 3.36. The number of benzene rings is 1. The van der Waals surface area contributed by atoms with Crippen LogP contribution >= 0.6 is 11.6 Å². The first-order valence-electron chi connectivity index (χ1n) is 7.32. The monoisotopic (exact) mass is 280 g/mol. The van der Waals surface area contributed by atoms with Gasteiger partial charge in [0.25, 0.3) is 0 Å². The molecule has 0 amide bonds. The van der Waals surface area contributed by atoms with E-state index in [0.717, 1.165) is 31.2 Å². The van der Waals surface area contributed by atoms with E-state index in [4.69, 9.17) is 11.6 Å². The second-order valence-electron chi connectivity index (χ2n) is 5.62. The fourth-order valence-electron chi connectivity index (χ4n) is 3.06. The van der Waals surface area contributed by atoms with Crippen LogP contribution in [0.5, 0.6) is 0 Å². The number of hydrogen-bond acceptors (Lipinski definition) is 2. The van der Waals surface area contributed by atoms with Crippen LogP contribution in [0, 0.1) is 6.92 Å². The summed E-state index contributed by atoms with van der Waals surface area (Å²) in [5.74, 6) is 0. The number of rotatable bonds is 4. The third-order valence-corrected chi connectivity index (χ3v) is 4.92. The maximum atomic E-state index is 6.39. The van der Waals surface area contributed by atoms with Crippen molar-refractivity contribution >= 4 is 11.6 Å². The van der Waals surface area contributed by atoms with Crippen LogP contribution in [0.4, 0.5) is 0 Å². The molecular weight excluding hydrogens is 256 g/mol. The number of halogens is 1. The minimum absolute atomic E-state index is 0.284. The maximum Gasteiger partial charge on any atom is 0.0453 e. The van der Waals surface area contributed by atoms with E-state index in [1.807, 2.05) is 0 Å². The zero-order valence-electron chi connectivity index (χ0n) is 12.3. The van der Waals surface area contributed by atoms with Crippen LogP contribution in [-0.4, -0.2) is 30.1 Å². The third-order valence-electron chi connectivity index (χ3n) is 4.57. The van der Waals surface area contributed by atoms with Gasteiger partial charge in [-0.2, -0.15) is 0 Å². The summed E-state index contributed by atoms with van der Waals surface area (Å²) in [5, 5.41) is 4.44. The van der Waals surface area contributed by atoms with E-state index in [2.05, 4.69) is 49.2 Å². The van der Waals surface area contributed by atoms with Gasteiger partial charge in [-0.05, 0) is 37.0 Å². The summed E-state index contributed by atoms with van der Waals surface area (Å²) >= 11 is 6.39. The van der Waals surface area contributed by atoms with Crippen molar-refractivity contribution in [2.75, 3.05) is 19.6 Å².